The number of carboxylic acids is 1. The molecule has 0 rings (SSSR count). The minimum atomic E-state index is -1.14. The summed E-state index contributed by atoms with van der Waals surface area (Å²) >= 11 is 0. The van der Waals surface area contributed by atoms with Crippen molar-refractivity contribution in [3.63, 3.8) is 0 Å². The van der Waals surface area contributed by atoms with Crippen LogP contribution in [0.2, 0.25) is 0 Å². The fourth-order valence-electron chi connectivity index (χ4n) is 0.792. The minimum absolute atomic E-state index is 0.0186. The molecule has 0 aromatic rings. The topological polar surface area (TPSA) is 98.7 Å². The highest BCUT2D eigenvalue weighted by Crippen LogP contribution is 1.90. The second-order valence-corrected chi connectivity index (χ2v) is 2.50. The summed E-state index contributed by atoms with van der Waals surface area (Å²) in [5, 5.41) is 21.9. The van der Waals surface area contributed by atoms with E-state index >= 15 is 0 Å². The molecule has 0 saturated heterocycles. The van der Waals surface area contributed by atoms with Crippen molar-refractivity contribution in [1.29, 1.82) is 0 Å². The van der Waals surface area contributed by atoms with E-state index in [0.717, 1.165) is 0 Å². The smallest absolute Gasteiger partial charge is 0.326 e. The molecule has 0 fully saturated rings. The van der Waals surface area contributed by atoms with E-state index in [1.807, 2.05) is 0 Å². The number of likely N-dealkylation sites (N-methyl/N-ethyl adjacent to an activating group) is 1. The number of aliphatic carboxylic acids is 1. The molecular formula is C7H14N2O4. The second-order valence-electron chi connectivity index (χ2n) is 2.50. The molecule has 0 radical (unpaired) electrons. The van der Waals surface area contributed by atoms with E-state index in [4.69, 9.17) is 10.2 Å². The van der Waals surface area contributed by atoms with Crippen molar-refractivity contribution in [1.82, 2.24) is 10.6 Å². The summed E-state index contributed by atoms with van der Waals surface area (Å²) in [6.07, 6.45) is 0.0186. The van der Waals surface area contributed by atoms with Crippen molar-refractivity contribution < 1.29 is 19.8 Å². The van der Waals surface area contributed by atoms with E-state index in [1.54, 1.807) is 7.05 Å². The third-order valence-corrected chi connectivity index (χ3v) is 1.39. The first-order chi connectivity index (χ1) is 6.11. The minimum Gasteiger partial charge on any atom is -0.480 e. The second kappa shape index (κ2) is 6.38. The molecule has 0 aliphatic carbocycles. The van der Waals surface area contributed by atoms with Crippen LogP contribution in [0.1, 0.15) is 6.42 Å². The summed E-state index contributed by atoms with van der Waals surface area (Å²) in [5.74, 6) is -1.54. The van der Waals surface area contributed by atoms with E-state index in [1.165, 1.54) is 0 Å². The van der Waals surface area contributed by atoms with E-state index in [2.05, 4.69) is 10.6 Å². The molecule has 4 N–H and O–H groups in total. The number of carboxylic acid groups (broad SMARTS) is 1. The van der Waals surface area contributed by atoms with Gasteiger partial charge in [-0.2, -0.15) is 0 Å². The van der Waals surface area contributed by atoms with Gasteiger partial charge in [-0.1, -0.05) is 0 Å². The van der Waals surface area contributed by atoms with Gasteiger partial charge in [-0.3, -0.25) is 4.79 Å². The molecule has 0 heterocycles. The van der Waals surface area contributed by atoms with Gasteiger partial charge < -0.3 is 20.8 Å². The highest BCUT2D eigenvalue weighted by Gasteiger charge is 2.18. The number of aliphatic hydroxyl groups is 1. The average Bonchev–Trinajstić information content (AvgIpc) is 2.04. The van der Waals surface area contributed by atoms with Crippen LogP contribution in [0.3, 0.4) is 0 Å². The summed E-state index contributed by atoms with van der Waals surface area (Å²) in [5.41, 5.74) is 0. The standard InChI is InChI=1S/C7H14N2O4/c1-8-4-6(11)9-5(2-3-10)7(12)13/h5,8,10H,2-4H2,1H3,(H,9,11)(H,12,13). The van der Waals surface area contributed by atoms with Gasteiger partial charge in [0.05, 0.1) is 6.54 Å². The molecule has 0 bridgehead atoms. The molecule has 76 valence electrons. The third kappa shape index (κ3) is 5.15. The maximum absolute atomic E-state index is 10.9. The number of carbonyl (C=O) groups excluding carboxylic acids is 1. The highest BCUT2D eigenvalue weighted by atomic mass is 16.4. The predicted molar refractivity (Wildman–Crippen MR) is 45.2 cm³/mol. The molecule has 13 heavy (non-hydrogen) atoms. The lowest BCUT2D eigenvalue weighted by atomic mass is 10.2. The van der Waals surface area contributed by atoms with Gasteiger partial charge in [0.2, 0.25) is 5.91 Å². The fraction of sp³-hybridized carbons (Fsp3) is 0.714. The Morgan fingerprint density at radius 1 is 1.46 bits per heavy atom. The zero-order valence-corrected chi connectivity index (χ0v) is 7.41. The number of amides is 1. The fourth-order valence-corrected chi connectivity index (χ4v) is 0.792. The Hall–Kier alpha value is -1.14. The summed E-state index contributed by atoms with van der Waals surface area (Å²) in [4.78, 5) is 21.4. The average molecular weight is 190 g/mol. The van der Waals surface area contributed by atoms with Crippen LogP contribution in [0, 0.1) is 0 Å². The maximum atomic E-state index is 10.9. The van der Waals surface area contributed by atoms with E-state index < -0.39 is 17.9 Å². The largest absolute Gasteiger partial charge is 0.480 e. The highest BCUT2D eigenvalue weighted by molar-refractivity contribution is 5.84. The molecular weight excluding hydrogens is 176 g/mol. The first-order valence-electron chi connectivity index (χ1n) is 3.89. The molecule has 0 aliphatic heterocycles. The lowest BCUT2D eigenvalue weighted by molar-refractivity contribution is -0.142. The van der Waals surface area contributed by atoms with Crippen LogP contribution in [0.25, 0.3) is 0 Å². The molecule has 0 aliphatic rings. The first-order valence-corrected chi connectivity index (χ1v) is 3.89. The van der Waals surface area contributed by atoms with Crippen molar-refractivity contribution in [2.45, 2.75) is 12.5 Å². The molecule has 0 spiro atoms. The normalized spacial score (nSPS) is 12.2. The van der Waals surface area contributed by atoms with Crippen LogP contribution in [0.5, 0.6) is 0 Å². The van der Waals surface area contributed by atoms with Crippen LogP contribution in [-0.2, 0) is 9.59 Å². The summed E-state index contributed by atoms with van der Waals surface area (Å²) in [7, 11) is 1.58. The number of carbonyl (C=O) groups is 2. The SMILES string of the molecule is CNCC(=O)NC(CCO)C(=O)O. The first kappa shape index (κ1) is 11.9. The Kier molecular flexibility index (Phi) is 5.82. The molecule has 0 aromatic heterocycles. The quantitative estimate of drug-likeness (QED) is 0.394. The molecule has 0 aromatic carbocycles. The molecule has 1 atom stereocenters. The van der Waals surface area contributed by atoms with Crippen molar-refractivity contribution in [3.8, 4) is 0 Å². The van der Waals surface area contributed by atoms with Crippen molar-refractivity contribution in [2.75, 3.05) is 20.2 Å². The van der Waals surface area contributed by atoms with Crippen LogP contribution >= 0.6 is 0 Å². The van der Waals surface area contributed by atoms with Gasteiger partial charge in [-0.25, -0.2) is 4.79 Å². The summed E-state index contributed by atoms with van der Waals surface area (Å²) < 4.78 is 0. The Balaban J connectivity index is 3.94. The van der Waals surface area contributed by atoms with Crippen LogP contribution in [0.15, 0.2) is 0 Å². The monoisotopic (exact) mass is 190 g/mol. The van der Waals surface area contributed by atoms with Crippen LogP contribution in [-0.4, -0.2) is 48.3 Å². The van der Waals surface area contributed by atoms with Crippen molar-refractivity contribution in [2.24, 2.45) is 0 Å². The number of rotatable bonds is 6. The van der Waals surface area contributed by atoms with E-state index in [9.17, 15) is 9.59 Å². The molecule has 1 unspecified atom stereocenters. The third-order valence-electron chi connectivity index (χ3n) is 1.39. The van der Waals surface area contributed by atoms with Gasteiger partial charge in [0.1, 0.15) is 6.04 Å². The van der Waals surface area contributed by atoms with Gasteiger partial charge in [-0.15, -0.1) is 0 Å². The Morgan fingerprint density at radius 3 is 2.46 bits per heavy atom. The lowest BCUT2D eigenvalue weighted by Gasteiger charge is -2.12. The summed E-state index contributed by atoms with van der Waals surface area (Å²) in [6.45, 7) is -0.202. The maximum Gasteiger partial charge on any atom is 0.326 e. The van der Waals surface area contributed by atoms with Gasteiger partial charge >= 0.3 is 5.97 Å². The van der Waals surface area contributed by atoms with Crippen LogP contribution < -0.4 is 10.6 Å². The van der Waals surface area contributed by atoms with Crippen molar-refractivity contribution in [3.05, 3.63) is 0 Å². The Morgan fingerprint density at radius 2 is 2.08 bits per heavy atom. The van der Waals surface area contributed by atoms with Gasteiger partial charge in [0.15, 0.2) is 0 Å². The number of nitrogens with one attached hydrogen (secondary N) is 2. The molecule has 1 amide bonds. The van der Waals surface area contributed by atoms with Crippen LogP contribution in [0.4, 0.5) is 0 Å². The lowest BCUT2D eigenvalue weighted by Crippen LogP contribution is -2.44. The van der Waals surface area contributed by atoms with Gasteiger partial charge in [0, 0.05) is 13.0 Å². The molecule has 6 nitrogen and oxygen atoms in total. The molecule has 0 saturated carbocycles. The zero-order valence-electron chi connectivity index (χ0n) is 7.41. The zero-order chi connectivity index (χ0) is 10.3. The van der Waals surface area contributed by atoms with Crippen molar-refractivity contribution >= 4 is 11.9 Å². The molecule has 6 heteroatoms. The number of hydrogen-bond acceptors (Lipinski definition) is 4. The van der Waals surface area contributed by atoms with Gasteiger partial charge in [-0.05, 0) is 7.05 Å². The number of hydrogen-bond donors (Lipinski definition) is 4. The predicted octanol–water partition coefficient (Wildman–Crippen LogP) is -1.84. The van der Waals surface area contributed by atoms with Gasteiger partial charge in [0.25, 0.3) is 0 Å². The number of aliphatic hydroxyl groups excluding tert-OH is 1. The Bertz CT molecular complexity index is 183. The summed E-state index contributed by atoms with van der Waals surface area (Å²) in [6, 6.07) is -1.01. The van der Waals surface area contributed by atoms with E-state index in [-0.39, 0.29) is 19.6 Å². The Labute approximate surface area is 75.9 Å². The van der Waals surface area contributed by atoms with E-state index in [0.29, 0.717) is 0 Å².